The van der Waals surface area contributed by atoms with Crippen molar-refractivity contribution in [1.82, 2.24) is 0 Å². The van der Waals surface area contributed by atoms with Gasteiger partial charge in [-0.1, -0.05) is 30.1 Å². The third kappa shape index (κ3) is 2.43. The zero-order valence-corrected chi connectivity index (χ0v) is 10.8. The molecule has 5 heteroatoms. The third-order valence-electron chi connectivity index (χ3n) is 2.69. The quantitative estimate of drug-likeness (QED) is 0.876. The van der Waals surface area contributed by atoms with Crippen molar-refractivity contribution in [3.05, 3.63) is 27.7 Å². The van der Waals surface area contributed by atoms with Crippen molar-refractivity contribution in [2.75, 3.05) is 20.3 Å². The van der Waals surface area contributed by atoms with Gasteiger partial charge in [0, 0.05) is 23.0 Å². The molecule has 0 radical (unpaired) electrons. The summed E-state index contributed by atoms with van der Waals surface area (Å²) in [6.07, 6.45) is 0. The lowest BCUT2D eigenvalue weighted by Crippen LogP contribution is -2.35. The minimum absolute atomic E-state index is 0.0914. The molecule has 1 atom stereocenters. The molecule has 0 bridgehead atoms. The molecule has 0 aromatic heterocycles. The Balaban J connectivity index is 3.30. The molecule has 90 valence electrons. The second kappa shape index (κ2) is 5.23. The first kappa shape index (κ1) is 13.6. The van der Waals surface area contributed by atoms with Crippen LogP contribution in [0.2, 0.25) is 10.0 Å². The standard InChI is InChI=1S/C11H15Cl2NO2/c1-11(5-14,6-15)7-3-9(13)10(16-2)4-8(7)12/h3-4,15H,5-6,14H2,1-2H3. The highest BCUT2D eigenvalue weighted by molar-refractivity contribution is 6.34. The van der Waals surface area contributed by atoms with E-state index in [1.54, 1.807) is 12.1 Å². The van der Waals surface area contributed by atoms with E-state index in [-0.39, 0.29) is 13.2 Å². The molecule has 3 N–H and O–H groups in total. The number of aliphatic hydroxyl groups excluding tert-OH is 1. The number of rotatable bonds is 4. The molecule has 0 aliphatic heterocycles. The van der Waals surface area contributed by atoms with Crippen molar-refractivity contribution in [1.29, 1.82) is 0 Å². The van der Waals surface area contributed by atoms with Crippen LogP contribution in [0.25, 0.3) is 0 Å². The highest BCUT2D eigenvalue weighted by atomic mass is 35.5. The summed E-state index contributed by atoms with van der Waals surface area (Å²) in [4.78, 5) is 0. The van der Waals surface area contributed by atoms with Crippen LogP contribution in [-0.2, 0) is 5.41 Å². The van der Waals surface area contributed by atoms with E-state index < -0.39 is 5.41 Å². The van der Waals surface area contributed by atoms with Gasteiger partial charge in [-0.15, -0.1) is 0 Å². The van der Waals surface area contributed by atoms with Crippen LogP contribution in [0.4, 0.5) is 0 Å². The van der Waals surface area contributed by atoms with E-state index in [9.17, 15) is 5.11 Å². The van der Waals surface area contributed by atoms with Crippen molar-refractivity contribution in [3.63, 3.8) is 0 Å². The lowest BCUT2D eigenvalue weighted by Gasteiger charge is -2.27. The molecule has 0 heterocycles. The summed E-state index contributed by atoms with van der Waals surface area (Å²) in [6.45, 7) is 2.02. The van der Waals surface area contributed by atoms with Gasteiger partial charge in [-0.25, -0.2) is 0 Å². The van der Waals surface area contributed by atoms with Gasteiger partial charge in [0.15, 0.2) is 0 Å². The Morgan fingerprint density at radius 3 is 2.44 bits per heavy atom. The van der Waals surface area contributed by atoms with E-state index in [2.05, 4.69) is 0 Å². The summed E-state index contributed by atoms with van der Waals surface area (Å²) in [5.74, 6) is 0.507. The maximum atomic E-state index is 9.37. The molecule has 0 aliphatic carbocycles. The van der Waals surface area contributed by atoms with Gasteiger partial charge in [-0.2, -0.15) is 0 Å². The first-order valence-electron chi connectivity index (χ1n) is 4.83. The number of benzene rings is 1. The molecular formula is C11H15Cl2NO2. The predicted octanol–water partition coefficient (Wildman–Crippen LogP) is 2.21. The normalized spacial score (nSPS) is 14.6. The molecule has 0 saturated heterocycles. The number of aliphatic hydroxyl groups is 1. The second-order valence-electron chi connectivity index (χ2n) is 3.89. The van der Waals surface area contributed by atoms with Crippen LogP contribution < -0.4 is 10.5 Å². The third-order valence-corrected chi connectivity index (χ3v) is 3.30. The molecule has 0 fully saturated rings. The van der Waals surface area contributed by atoms with Crippen molar-refractivity contribution in [3.8, 4) is 5.75 Å². The van der Waals surface area contributed by atoms with Gasteiger partial charge in [0.2, 0.25) is 0 Å². The van der Waals surface area contributed by atoms with Crippen molar-refractivity contribution in [2.45, 2.75) is 12.3 Å². The van der Waals surface area contributed by atoms with E-state index in [0.29, 0.717) is 15.8 Å². The lowest BCUT2D eigenvalue weighted by molar-refractivity contribution is 0.210. The van der Waals surface area contributed by atoms with Gasteiger partial charge in [0.05, 0.1) is 18.7 Å². The fraction of sp³-hybridized carbons (Fsp3) is 0.455. The topological polar surface area (TPSA) is 55.5 Å². The molecular weight excluding hydrogens is 249 g/mol. The van der Waals surface area contributed by atoms with Crippen molar-refractivity contribution < 1.29 is 9.84 Å². The highest BCUT2D eigenvalue weighted by Crippen LogP contribution is 2.36. The van der Waals surface area contributed by atoms with Crippen LogP contribution in [0.3, 0.4) is 0 Å². The van der Waals surface area contributed by atoms with Gasteiger partial charge in [-0.05, 0) is 11.6 Å². The Labute approximate surface area is 105 Å². The summed E-state index contributed by atoms with van der Waals surface area (Å²) >= 11 is 12.1. The van der Waals surface area contributed by atoms with E-state index >= 15 is 0 Å². The average Bonchev–Trinajstić information content (AvgIpc) is 2.30. The predicted molar refractivity (Wildman–Crippen MR) is 66.5 cm³/mol. The minimum atomic E-state index is -0.590. The Bertz CT molecular complexity index is 378. The van der Waals surface area contributed by atoms with Crippen LogP contribution in [0.5, 0.6) is 5.75 Å². The lowest BCUT2D eigenvalue weighted by atomic mass is 9.83. The summed E-state index contributed by atoms with van der Waals surface area (Å²) in [5, 5.41) is 10.3. The van der Waals surface area contributed by atoms with E-state index in [1.807, 2.05) is 6.92 Å². The van der Waals surface area contributed by atoms with Crippen LogP contribution in [0, 0.1) is 0 Å². The van der Waals surface area contributed by atoms with Gasteiger partial charge < -0.3 is 15.6 Å². The fourth-order valence-electron chi connectivity index (χ4n) is 1.41. The van der Waals surface area contributed by atoms with Gasteiger partial charge in [0.1, 0.15) is 5.75 Å². The van der Waals surface area contributed by atoms with Crippen LogP contribution in [0.15, 0.2) is 12.1 Å². The fourth-order valence-corrected chi connectivity index (χ4v) is 2.03. The Hall–Kier alpha value is -0.480. The first-order valence-corrected chi connectivity index (χ1v) is 5.58. The number of hydrogen-bond donors (Lipinski definition) is 2. The van der Waals surface area contributed by atoms with Crippen molar-refractivity contribution >= 4 is 23.2 Å². The SMILES string of the molecule is COc1cc(Cl)c(C(C)(CN)CO)cc1Cl. The van der Waals surface area contributed by atoms with Gasteiger partial charge >= 0.3 is 0 Å². The monoisotopic (exact) mass is 263 g/mol. The van der Waals surface area contributed by atoms with Gasteiger partial charge in [0.25, 0.3) is 0 Å². The molecule has 0 spiro atoms. The number of ether oxygens (including phenoxy) is 1. The first-order chi connectivity index (χ1) is 7.48. The molecule has 3 nitrogen and oxygen atoms in total. The molecule has 1 aromatic carbocycles. The average molecular weight is 264 g/mol. The maximum Gasteiger partial charge on any atom is 0.138 e. The maximum absolute atomic E-state index is 9.37. The largest absolute Gasteiger partial charge is 0.495 e. The molecule has 0 aliphatic rings. The summed E-state index contributed by atoms with van der Waals surface area (Å²) in [5.41, 5.74) is 5.78. The molecule has 1 unspecified atom stereocenters. The van der Waals surface area contributed by atoms with E-state index in [1.165, 1.54) is 7.11 Å². The highest BCUT2D eigenvalue weighted by Gasteiger charge is 2.27. The molecule has 0 amide bonds. The Kier molecular flexibility index (Phi) is 4.44. The number of nitrogens with two attached hydrogens (primary N) is 1. The molecule has 1 aromatic rings. The summed E-state index contributed by atoms with van der Waals surface area (Å²) in [6, 6.07) is 3.31. The smallest absolute Gasteiger partial charge is 0.138 e. The number of hydrogen-bond acceptors (Lipinski definition) is 3. The molecule has 16 heavy (non-hydrogen) atoms. The van der Waals surface area contributed by atoms with Crippen LogP contribution in [-0.4, -0.2) is 25.4 Å². The van der Waals surface area contributed by atoms with Crippen LogP contribution >= 0.6 is 23.2 Å². The number of halogens is 2. The summed E-state index contributed by atoms with van der Waals surface area (Å²) < 4.78 is 5.05. The Morgan fingerprint density at radius 2 is 2.00 bits per heavy atom. The van der Waals surface area contributed by atoms with Crippen LogP contribution in [0.1, 0.15) is 12.5 Å². The second-order valence-corrected chi connectivity index (χ2v) is 4.70. The molecule has 0 saturated carbocycles. The van der Waals surface area contributed by atoms with Crippen molar-refractivity contribution in [2.24, 2.45) is 5.73 Å². The number of methoxy groups -OCH3 is 1. The van der Waals surface area contributed by atoms with E-state index in [0.717, 1.165) is 5.56 Å². The zero-order chi connectivity index (χ0) is 12.3. The Morgan fingerprint density at radius 1 is 1.38 bits per heavy atom. The molecule has 1 rings (SSSR count). The zero-order valence-electron chi connectivity index (χ0n) is 9.26. The minimum Gasteiger partial charge on any atom is -0.495 e. The summed E-state index contributed by atoms with van der Waals surface area (Å²) in [7, 11) is 1.52. The van der Waals surface area contributed by atoms with E-state index in [4.69, 9.17) is 33.7 Å². The van der Waals surface area contributed by atoms with Gasteiger partial charge in [-0.3, -0.25) is 0 Å².